The van der Waals surface area contributed by atoms with Crippen LogP contribution in [0.5, 0.6) is 11.5 Å². The van der Waals surface area contributed by atoms with Crippen molar-refractivity contribution in [1.82, 2.24) is 21.5 Å². The number of rotatable bonds is 15. The molecule has 218 valence electrons. The third-order valence-corrected chi connectivity index (χ3v) is 5.70. The van der Waals surface area contributed by atoms with Crippen LogP contribution in [-0.2, 0) is 13.1 Å². The standard InChI is InChI=1S/C26H36N6O6S2/c1-3-37-19-9-5-17(6-10-19)13-27-25(39)31-29-15-21(23(35)24(36)22(34)16-33)30-32-26(40)28-14-18-7-11-20(12-8-18)38-4-2/h5-12,15,22-24,33-36H,3-4,13-14,16H2,1-2H3,(H2,27,31,39)(H2,28,32,40)/b29-15+,30-21-/t22-,23-,24-/m1/s1. The Morgan fingerprint density at radius 1 is 0.825 bits per heavy atom. The van der Waals surface area contributed by atoms with Gasteiger partial charge in [0.2, 0.25) is 0 Å². The van der Waals surface area contributed by atoms with E-state index < -0.39 is 24.9 Å². The third-order valence-electron chi connectivity index (χ3n) is 5.23. The molecule has 0 unspecified atom stereocenters. The molecule has 2 aromatic rings. The number of hydrazone groups is 2. The second-order valence-electron chi connectivity index (χ2n) is 8.22. The number of benzene rings is 2. The van der Waals surface area contributed by atoms with E-state index in [1.165, 1.54) is 0 Å². The van der Waals surface area contributed by atoms with Gasteiger partial charge in [-0.2, -0.15) is 10.2 Å². The van der Waals surface area contributed by atoms with Crippen LogP contribution in [0.4, 0.5) is 0 Å². The van der Waals surface area contributed by atoms with E-state index in [2.05, 4.69) is 31.7 Å². The first-order chi connectivity index (χ1) is 19.3. The van der Waals surface area contributed by atoms with Gasteiger partial charge in [0.25, 0.3) is 0 Å². The number of nitrogens with zero attached hydrogens (tertiary/aromatic N) is 2. The fraction of sp³-hybridized carbons (Fsp3) is 0.385. The lowest BCUT2D eigenvalue weighted by Gasteiger charge is -2.21. The van der Waals surface area contributed by atoms with Crippen molar-refractivity contribution < 1.29 is 29.9 Å². The summed E-state index contributed by atoms with van der Waals surface area (Å²) in [6, 6.07) is 15.0. The largest absolute Gasteiger partial charge is 0.494 e. The van der Waals surface area contributed by atoms with Crippen molar-refractivity contribution in [2.75, 3.05) is 19.8 Å². The molecule has 0 radical (unpaired) electrons. The van der Waals surface area contributed by atoms with Gasteiger partial charge in [0.05, 0.1) is 26.0 Å². The van der Waals surface area contributed by atoms with Crippen LogP contribution in [0.25, 0.3) is 0 Å². The minimum absolute atomic E-state index is 0.129. The van der Waals surface area contributed by atoms with Gasteiger partial charge in [-0.05, 0) is 73.7 Å². The van der Waals surface area contributed by atoms with Crippen LogP contribution in [-0.4, -0.2) is 80.7 Å². The summed E-state index contributed by atoms with van der Waals surface area (Å²) in [4.78, 5) is 0. The summed E-state index contributed by atoms with van der Waals surface area (Å²) >= 11 is 10.5. The minimum Gasteiger partial charge on any atom is -0.494 e. The normalized spacial score (nSPS) is 13.7. The minimum atomic E-state index is -1.74. The molecule has 8 N–H and O–H groups in total. The summed E-state index contributed by atoms with van der Waals surface area (Å²) in [5, 5.41) is 53.7. The van der Waals surface area contributed by atoms with Gasteiger partial charge >= 0.3 is 0 Å². The lowest BCUT2D eigenvalue weighted by Crippen LogP contribution is -2.45. The maximum Gasteiger partial charge on any atom is 0.187 e. The van der Waals surface area contributed by atoms with Crippen LogP contribution in [0, 0.1) is 0 Å². The molecule has 0 aliphatic heterocycles. The molecule has 0 saturated carbocycles. The molecule has 3 atom stereocenters. The molecular formula is C26H36N6O6S2. The van der Waals surface area contributed by atoms with Crippen molar-refractivity contribution in [1.29, 1.82) is 0 Å². The van der Waals surface area contributed by atoms with Crippen molar-refractivity contribution in [3.05, 3.63) is 59.7 Å². The topological polar surface area (TPSA) is 172 Å². The third kappa shape index (κ3) is 11.8. The Labute approximate surface area is 244 Å². The fourth-order valence-corrected chi connectivity index (χ4v) is 3.36. The van der Waals surface area contributed by atoms with E-state index in [0.717, 1.165) is 28.8 Å². The summed E-state index contributed by atoms with van der Waals surface area (Å²) in [7, 11) is 0. The number of hydrogen-bond acceptors (Lipinski definition) is 10. The molecule has 0 saturated heterocycles. The van der Waals surface area contributed by atoms with Crippen molar-refractivity contribution >= 4 is 46.6 Å². The zero-order valence-corrected chi connectivity index (χ0v) is 23.9. The van der Waals surface area contributed by atoms with Crippen LogP contribution in [0.1, 0.15) is 25.0 Å². The molecule has 0 bridgehead atoms. The van der Waals surface area contributed by atoms with Gasteiger partial charge in [0.15, 0.2) is 10.2 Å². The predicted octanol–water partition coefficient (Wildman–Crippen LogP) is 0.529. The van der Waals surface area contributed by atoms with Crippen molar-refractivity contribution in [2.24, 2.45) is 10.2 Å². The van der Waals surface area contributed by atoms with Gasteiger partial charge in [0.1, 0.15) is 35.5 Å². The lowest BCUT2D eigenvalue weighted by molar-refractivity contribution is -0.0549. The van der Waals surface area contributed by atoms with Gasteiger partial charge in [-0.1, -0.05) is 24.3 Å². The Balaban J connectivity index is 1.95. The fourth-order valence-electron chi connectivity index (χ4n) is 3.12. The second kappa shape index (κ2) is 18.0. The summed E-state index contributed by atoms with van der Waals surface area (Å²) in [5.41, 5.74) is 6.88. The Bertz CT molecular complexity index is 1120. The average Bonchev–Trinajstić information content (AvgIpc) is 2.97. The molecular weight excluding hydrogens is 556 g/mol. The van der Waals surface area contributed by atoms with Crippen LogP contribution in [0.2, 0.25) is 0 Å². The van der Waals surface area contributed by atoms with Crippen LogP contribution in [0.3, 0.4) is 0 Å². The van der Waals surface area contributed by atoms with E-state index in [4.69, 9.17) is 39.0 Å². The Morgan fingerprint density at radius 2 is 1.30 bits per heavy atom. The molecule has 2 aromatic carbocycles. The number of ether oxygens (including phenoxy) is 2. The molecule has 0 aromatic heterocycles. The van der Waals surface area contributed by atoms with Gasteiger partial charge in [-0.25, -0.2) is 0 Å². The lowest BCUT2D eigenvalue weighted by atomic mass is 10.0. The quantitative estimate of drug-likeness (QED) is 0.0821. The van der Waals surface area contributed by atoms with Crippen molar-refractivity contribution in [3.8, 4) is 11.5 Å². The highest BCUT2D eigenvalue weighted by Crippen LogP contribution is 2.12. The molecule has 0 heterocycles. The SMILES string of the molecule is CCOc1ccc(CNC(=S)N/N=C(/C=N/NC(=S)NCc2ccc(OCC)cc2)[C@@H](O)[C@H](O)[C@H](O)CO)cc1. The Morgan fingerprint density at radius 3 is 1.75 bits per heavy atom. The summed E-state index contributed by atoms with van der Waals surface area (Å²) in [5.74, 6) is 1.53. The number of thiocarbonyl (C=S) groups is 2. The van der Waals surface area contributed by atoms with Crippen molar-refractivity contribution in [2.45, 2.75) is 45.2 Å². The first-order valence-corrected chi connectivity index (χ1v) is 13.4. The highest BCUT2D eigenvalue weighted by Gasteiger charge is 2.28. The molecule has 12 nitrogen and oxygen atoms in total. The summed E-state index contributed by atoms with van der Waals surface area (Å²) in [6.45, 7) is 5.03. The first-order valence-electron chi connectivity index (χ1n) is 12.5. The van der Waals surface area contributed by atoms with Crippen LogP contribution >= 0.6 is 24.4 Å². The van der Waals surface area contributed by atoms with E-state index in [9.17, 15) is 15.3 Å². The highest BCUT2D eigenvalue weighted by atomic mass is 32.1. The Hall–Kier alpha value is -3.40. The van der Waals surface area contributed by atoms with Gasteiger partial charge in [0, 0.05) is 13.1 Å². The number of aliphatic hydroxyl groups is 4. The average molecular weight is 593 g/mol. The molecule has 0 spiro atoms. The van der Waals surface area contributed by atoms with E-state index in [1.54, 1.807) is 0 Å². The van der Waals surface area contributed by atoms with E-state index in [0.29, 0.717) is 26.3 Å². The molecule has 40 heavy (non-hydrogen) atoms. The van der Waals surface area contributed by atoms with Gasteiger partial charge in [-0.3, -0.25) is 10.9 Å². The monoisotopic (exact) mass is 592 g/mol. The van der Waals surface area contributed by atoms with Crippen molar-refractivity contribution in [3.63, 3.8) is 0 Å². The maximum absolute atomic E-state index is 10.5. The zero-order chi connectivity index (χ0) is 29.3. The van der Waals surface area contributed by atoms with E-state index >= 15 is 0 Å². The predicted molar refractivity (Wildman–Crippen MR) is 161 cm³/mol. The second-order valence-corrected chi connectivity index (χ2v) is 9.04. The van der Waals surface area contributed by atoms with Crippen LogP contribution in [0.15, 0.2) is 58.7 Å². The first kappa shape index (κ1) is 32.8. The summed E-state index contributed by atoms with van der Waals surface area (Å²) < 4.78 is 10.8. The highest BCUT2D eigenvalue weighted by molar-refractivity contribution is 7.80. The van der Waals surface area contributed by atoms with E-state index in [1.807, 2.05) is 62.4 Å². The molecule has 0 amide bonds. The maximum atomic E-state index is 10.5. The zero-order valence-electron chi connectivity index (χ0n) is 22.3. The van der Waals surface area contributed by atoms with Crippen LogP contribution < -0.4 is 31.0 Å². The van der Waals surface area contributed by atoms with E-state index in [-0.39, 0.29) is 15.9 Å². The number of nitrogens with one attached hydrogen (secondary N) is 4. The van der Waals surface area contributed by atoms with Gasteiger partial charge < -0.3 is 40.5 Å². The molecule has 0 aliphatic rings. The Kier molecular flexibility index (Phi) is 14.8. The summed E-state index contributed by atoms with van der Waals surface area (Å²) in [6.07, 6.45) is -3.96. The number of aliphatic hydroxyl groups excluding tert-OH is 4. The molecule has 0 fully saturated rings. The molecule has 14 heteroatoms. The number of hydrogen-bond donors (Lipinski definition) is 8. The molecule has 2 rings (SSSR count). The van der Waals surface area contributed by atoms with Gasteiger partial charge in [-0.15, -0.1) is 0 Å². The smallest absolute Gasteiger partial charge is 0.187 e. The molecule has 0 aliphatic carbocycles.